The van der Waals surface area contributed by atoms with Crippen LogP contribution in [0.15, 0.2) is 30.3 Å². The van der Waals surface area contributed by atoms with Crippen LogP contribution in [0.5, 0.6) is 0 Å². The minimum Gasteiger partial charge on any atom is -0.480 e. The fraction of sp³-hybridized carbons (Fsp3) is 0.385. The molecule has 18 heavy (non-hydrogen) atoms. The standard InChI is InChI=1S/C13H17NO3S/c1-14-12(15)7-8-18-11(13(16)17)9-10-5-3-2-4-6-10/h2-6,11H,7-9H2,1H3,(H,14,15)(H,16,17). The summed E-state index contributed by atoms with van der Waals surface area (Å²) in [5, 5.41) is 11.2. The van der Waals surface area contributed by atoms with Gasteiger partial charge in [-0.15, -0.1) is 11.8 Å². The second-order valence-corrected chi connectivity index (χ2v) is 5.12. The lowest BCUT2D eigenvalue weighted by atomic mass is 10.1. The zero-order valence-electron chi connectivity index (χ0n) is 10.3. The molecule has 0 bridgehead atoms. The maximum atomic E-state index is 11.1. The molecule has 1 aromatic rings. The third kappa shape index (κ3) is 5.23. The van der Waals surface area contributed by atoms with Gasteiger partial charge in [-0.3, -0.25) is 9.59 Å². The SMILES string of the molecule is CNC(=O)CCSC(Cc1ccccc1)C(=O)O. The summed E-state index contributed by atoms with van der Waals surface area (Å²) in [6.45, 7) is 0. The van der Waals surface area contributed by atoms with Crippen LogP contribution in [-0.4, -0.2) is 35.0 Å². The van der Waals surface area contributed by atoms with Crippen molar-refractivity contribution in [3.63, 3.8) is 0 Å². The molecule has 1 atom stereocenters. The van der Waals surface area contributed by atoms with E-state index in [0.29, 0.717) is 18.6 Å². The second-order valence-electron chi connectivity index (χ2n) is 3.81. The molecule has 2 N–H and O–H groups in total. The van der Waals surface area contributed by atoms with E-state index < -0.39 is 11.2 Å². The molecular formula is C13H17NO3S. The zero-order valence-corrected chi connectivity index (χ0v) is 11.1. The van der Waals surface area contributed by atoms with Crippen LogP contribution in [0.25, 0.3) is 0 Å². The number of carboxylic acid groups (broad SMARTS) is 1. The van der Waals surface area contributed by atoms with Crippen LogP contribution in [0.4, 0.5) is 0 Å². The highest BCUT2D eigenvalue weighted by atomic mass is 32.2. The lowest BCUT2D eigenvalue weighted by Gasteiger charge is -2.11. The van der Waals surface area contributed by atoms with Crippen molar-refractivity contribution in [3.05, 3.63) is 35.9 Å². The number of aliphatic carboxylic acids is 1. The third-order valence-electron chi connectivity index (χ3n) is 2.47. The Kier molecular flexibility index (Phi) is 6.28. The summed E-state index contributed by atoms with van der Waals surface area (Å²) in [6, 6.07) is 9.51. The second kappa shape index (κ2) is 7.76. The number of hydrogen-bond acceptors (Lipinski definition) is 3. The van der Waals surface area contributed by atoms with Gasteiger partial charge in [-0.2, -0.15) is 0 Å². The van der Waals surface area contributed by atoms with E-state index in [4.69, 9.17) is 5.11 Å². The molecular weight excluding hydrogens is 250 g/mol. The van der Waals surface area contributed by atoms with Crippen molar-refractivity contribution in [1.29, 1.82) is 0 Å². The quantitative estimate of drug-likeness (QED) is 0.786. The molecule has 0 radical (unpaired) electrons. The van der Waals surface area contributed by atoms with Crippen molar-refractivity contribution in [1.82, 2.24) is 5.32 Å². The summed E-state index contributed by atoms with van der Waals surface area (Å²) < 4.78 is 0. The average Bonchev–Trinajstić information content (AvgIpc) is 2.38. The van der Waals surface area contributed by atoms with Crippen LogP contribution in [-0.2, 0) is 16.0 Å². The molecule has 0 aliphatic heterocycles. The van der Waals surface area contributed by atoms with Crippen LogP contribution in [0.2, 0.25) is 0 Å². The van der Waals surface area contributed by atoms with Crippen LogP contribution in [0, 0.1) is 0 Å². The molecule has 98 valence electrons. The van der Waals surface area contributed by atoms with Gasteiger partial charge in [0.25, 0.3) is 0 Å². The summed E-state index contributed by atoms with van der Waals surface area (Å²) in [7, 11) is 1.58. The van der Waals surface area contributed by atoms with Crippen molar-refractivity contribution in [2.24, 2.45) is 0 Å². The van der Waals surface area contributed by atoms with Gasteiger partial charge in [0.1, 0.15) is 5.25 Å². The molecule has 1 rings (SSSR count). The van der Waals surface area contributed by atoms with E-state index in [2.05, 4.69) is 5.32 Å². The van der Waals surface area contributed by atoms with Crippen molar-refractivity contribution in [3.8, 4) is 0 Å². The van der Waals surface area contributed by atoms with Gasteiger partial charge in [0.2, 0.25) is 5.91 Å². The Morgan fingerprint density at radius 1 is 1.33 bits per heavy atom. The minimum atomic E-state index is -0.833. The maximum Gasteiger partial charge on any atom is 0.316 e. The number of hydrogen-bond donors (Lipinski definition) is 2. The molecule has 0 fully saturated rings. The van der Waals surface area contributed by atoms with Crippen LogP contribution in [0.1, 0.15) is 12.0 Å². The number of benzene rings is 1. The molecule has 1 aromatic carbocycles. The van der Waals surface area contributed by atoms with Crippen molar-refractivity contribution in [2.75, 3.05) is 12.8 Å². The highest BCUT2D eigenvalue weighted by Crippen LogP contribution is 2.17. The molecule has 0 heterocycles. The first kappa shape index (κ1) is 14.6. The minimum absolute atomic E-state index is 0.0636. The summed E-state index contributed by atoms with van der Waals surface area (Å²) in [6.07, 6.45) is 0.828. The topological polar surface area (TPSA) is 66.4 Å². The monoisotopic (exact) mass is 267 g/mol. The molecule has 0 aliphatic rings. The summed E-state index contributed by atoms with van der Waals surface area (Å²) >= 11 is 1.31. The number of rotatable bonds is 7. The van der Waals surface area contributed by atoms with E-state index in [0.717, 1.165) is 5.56 Å². The molecule has 1 amide bonds. The van der Waals surface area contributed by atoms with Gasteiger partial charge in [-0.1, -0.05) is 30.3 Å². The van der Waals surface area contributed by atoms with Gasteiger partial charge in [-0.05, 0) is 12.0 Å². The number of nitrogens with one attached hydrogen (secondary N) is 1. The number of amides is 1. The van der Waals surface area contributed by atoms with Gasteiger partial charge in [0, 0.05) is 19.2 Å². The predicted molar refractivity (Wildman–Crippen MR) is 72.7 cm³/mol. The number of thioether (sulfide) groups is 1. The predicted octanol–water partition coefficient (Wildman–Crippen LogP) is 1.55. The van der Waals surface area contributed by atoms with Gasteiger partial charge in [0.15, 0.2) is 0 Å². The Labute approximate surface area is 111 Å². The van der Waals surface area contributed by atoms with Gasteiger partial charge < -0.3 is 10.4 Å². The number of carboxylic acids is 1. The Bertz CT molecular complexity index is 394. The lowest BCUT2D eigenvalue weighted by molar-refractivity contribution is -0.136. The third-order valence-corrected chi connectivity index (χ3v) is 3.68. The van der Waals surface area contributed by atoms with Gasteiger partial charge in [-0.25, -0.2) is 0 Å². The first-order valence-corrected chi connectivity index (χ1v) is 6.77. The van der Waals surface area contributed by atoms with E-state index >= 15 is 0 Å². The van der Waals surface area contributed by atoms with Crippen molar-refractivity contribution >= 4 is 23.6 Å². The molecule has 0 spiro atoms. The molecule has 0 aliphatic carbocycles. The molecule has 4 nitrogen and oxygen atoms in total. The molecule has 0 aromatic heterocycles. The van der Waals surface area contributed by atoms with Gasteiger partial charge >= 0.3 is 5.97 Å². The normalized spacial score (nSPS) is 11.8. The van der Waals surface area contributed by atoms with E-state index in [-0.39, 0.29) is 5.91 Å². The van der Waals surface area contributed by atoms with E-state index in [1.165, 1.54) is 11.8 Å². The van der Waals surface area contributed by atoms with E-state index in [9.17, 15) is 9.59 Å². The van der Waals surface area contributed by atoms with E-state index in [1.807, 2.05) is 30.3 Å². The maximum absolute atomic E-state index is 11.1. The summed E-state index contributed by atoms with van der Waals surface area (Å²) in [5.74, 6) is -0.379. The highest BCUT2D eigenvalue weighted by molar-refractivity contribution is 8.00. The van der Waals surface area contributed by atoms with Crippen LogP contribution >= 0.6 is 11.8 Å². The number of carbonyl (C=O) groups is 2. The molecule has 1 unspecified atom stereocenters. The van der Waals surface area contributed by atoms with E-state index in [1.54, 1.807) is 7.05 Å². The first-order valence-electron chi connectivity index (χ1n) is 5.72. The van der Waals surface area contributed by atoms with Crippen molar-refractivity contribution < 1.29 is 14.7 Å². The average molecular weight is 267 g/mol. The Morgan fingerprint density at radius 2 is 2.00 bits per heavy atom. The Balaban J connectivity index is 2.46. The molecule has 0 saturated carbocycles. The first-order chi connectivity index (χ1) is 8.63. The van der Waals surface area contributed by atoms with Crippen LogP contribution in [0.3, 0.4) is 0 Å². The molecule has 0 saturated heterocycles. The van der Waals surface area contributed by atoms with Gasteiger partial charge in [0.05, 0.1) is 0 Å². The zero-order chi connectivity index (χ0) is 13.4. The molecule has 5 heteroatoms. The highest BCUT2D eigenvalue weighted by Gasteiger charge is 2.18. The Morgan fingerprint density at radius 3 is 2.56 bits per heavy atom. The fourth-order valence-electron chi connectivity index (χ4n) is 1.46. The van der Waals surface area contributed by atoms with Crippen LogP contribution < -0.4 is 5.32 Å². The Hall–Kier alpha value is -1.49. The summed E-state index contributed by atoms with van der Waals surface area (Å²) in [4.78, 5) is 22.2. The fourth-order valence-corrected chi connectivity index (χ4v) is 2.51. The lowest BCUT2D eigenvalue weighted by Crippen LogP contribution is -2.22. The summed E-state index contributed by atoms with van der Waals surface area (Å²) in [5.41, 5.74) is 0.998. The smallest absolute Gasteiger partial charge is 0.316 e. The van der Waals surface area contributed by atoms with Crippen molar-refractivity contribution in [2.45, 2.75) is 18.1 Å². The number of carbonyl (C=O) groups excluding carboxylic acids is 1. The largest absolute Gasteiger partial charge is 0.480 e.